The van der Waals surface area contributed by atoms with Crippen LogP contribution >= 0.6 is 0 Å². The molecule has 2 saturated heterocycles. The van der Waals surface area contributed by atoms with Gasteiger partial charge in [-0.2, -0.15) is 5.10 Å². The maximum absolute atomic E-state index is 12.7. The van der Waals surface area contributed by atoms with Gasteiger partial charge < -0.3 is 9.84 Å². The molecule has 2 fully saturated rings. The summed E-state index contributed by atoms with van der Waals surface area (Å²) in [6, 6.07) is 1.43. The standard InChI is InChI=1S/C15H21N3O4/c1-8-6-9(2)18(16-8)10(3)13(20)11-7-17(5-4-12(11)19)14-15(21)22-14/h6,10-11,14-15,21H,4-5,7H2,1-3H3. The van der Waals surface area contributed by atoms with Gasteiger partial charge in [0, 0.05) is 25.2 Å². The van der Waals surface area contributed by atoms with Gasteiger partial charge in [0.15, 0.2) is 18.3 Å². The monoisotopic (exact) mass is 307 g/mol. The number of piperidine rings is 1. The van der Waals surface area contributed by atoms with Crippen LogP contribution in [-0.4, -0.2) is 57.0 Å². The lowest BCUT2D eigenvalue weighted by molar-refractivity contribution is -0.138. The van der Waals surface area contributed by atoms with Gasteiger partial charge >= 0.3 is 0 Å². The number of aliphatic hydroxyl groups is 1. The number of rotatable bonds is 4. The summed E-state index contributed by atoms with van der Waals surface area (Å²) in [5.74, 6) is -0.843. The Balaban J connectivity index is 1.74. The van der Waals surface area contributed by atoms with Crippen LogP contribution in [0.5, 0.6) is 0 Å². The lowest BCUT2D eigenvalue weighted by Gasteiger charge is -2.31. The minimum atomic E-state index is -0.794. The molecule has 3 rings (SSSR count). The molecule has 0 bridgehead atoms. The fourth-order valence-corrected chi connectivity index (χ4v) is 3.15. The maximum atomic E-state index is 12.7. The number of ether oxygens (including phenoxy) is 1. The van der Waals surface area contributed by atoms with Gasteiger partial charge in [0.05, 0.1) is 11.6 Å². The van der Waals surface area contributed by atoms with Crippen molar-refractivity contribution in [2.75, 3.05) is 13.1 Å². The number of aromatic nitrogens is 2. The Morgan fingerprint density at radius 3 is 2.73 bits per heavy atom. The number of hydrogen-bond donors (Lipinski definition) is 1. The van der Waals surface area contributed by atoms with E-state index < -0.39 is 18.2 Å². The van der Waals surface area contributed by atoms with Crippen molar-refractivity contribution in [1.29, 1.82) is 0 Å². The average molecular weight is 307 g/mol. The van der Waals surface area contributed by atoms with Gasteiger partial charge in [-0.25, -0.2) is 0 Å². The molecular formula is C15H21N3O4. The molecule has 3 heterocycles. The SMILES string of the molecule is Cc1cc(C)n(C(C)C(=O)C2CN(C3OC3O)CCC2=O)n1. The summed E-state index contributed by atoms with van der Waals surface area (Å²) in [5, 5.41) is 13.7. The highest BCUT2D eigenvalue weighted by atomic mass is 16.7. The molecule has 22 heavy (non-hydrogen) atoms. The van der Waals surface area contributed by atoms with Crippen molar-refractivity contribution in [3.63, 3.8) is 0 Å². The fraction of sp³-hybridized carbons (Fsp3) is 0.667. The molecule has 0 radical (unpaired) electrons. The van der Waals surface area contributed by atoms with E-state index in [1.165, 1.54) is 0 Å². The molecule has 0 aromatic carbocycles. The molecule has 0 saturated carbocycles. The number of nitrogens with zero attached hydrogens (tertiary/aromatic N) is 3. The molecule has 7 heteroatoms. The third kappa shape index (κ3) is 2.71. The number of carbonyl (C=O) groups is 2. The molecule has 1 N–H and O–H groups in total. The number of Topliss-reactive ketones (excluding diaryl/α,β-unsaturated/α-hetero) is 2. The normalized spacial score (nSPS) is 30.4. The minimum Gasteiger partial charge on any atom is -0.365 e. The molecule has 1 aromatic heterocycles. The largest absolute Gasteiger partial charge is 0.365 e. The van der Waals surface area contributed by atoms with Crippen molar-refractivity contribution in [3.8, 4) is 0 Å². The zero-order valence-electron chi connectivity index (χ0n) is 13.0. The summed E-state index contributed by atoms with van der Waals surface area (Å²) in [4.78, 5) is 26.7. The molecule has 120 valence electrons. The Kier molecular flexibility index (Phi) is 3.88. The first kappa shape index (κ1) is 15.3. The number of hydrogen-bond acceptors (Lipinski definition) is 6. The van der Waals surface area contributed by atoms with Crippen LogP contribution < -0.4 is 0 Å². The molecular weight excluding hydrogens is 286 g/mol. The zero-order chi connectivity index (χ0) is 16.0. The number of ketones is 2. The summed E-state index contributed by atoms with van der Waals surface area (Å²) >= 11 is 0. The van der Waals surface area contributed by atoms with E-state index in [1.54, 1.807) is 11.6 Å². The van der Waals surface area contributed by atoms with E-state index in [0.717, 1.165) is 11.4 Å². The van der Waals surface area contributed by atoms with Crippen LogP contribution in [-0.2, 0) is 14.3 Å². The molecule has 0 aliphatic carbocycles. The smallest absolute Gasteiger partial charge is 0.197 e. The van der Waals surface area contributed by atoms with Crippen LogP contribution in [0.3, 0.4) is 0 Å². The lowest BCUT2D eigenvalue weighted by atomic mass is 9.89. The van der Waals surface area contributed by atoms with Crippen molar-refractivity contribution in [2.24, 2.45) is 5.92 Å². The average Bonchev–Trinajstić information content (AvgIpc) is 3.10. The predicted octanol–water partition coefficient (Wildman–Crippen LogP) is 0.196. The van der Waals surface area contributed by atoms with Gasteiger partial charge in [0.25, 0.3) is 0 Å². The van der Waals surface area contributed by atoms with Crippen LogP contribution in [0.1, 0.15) is 30.8 Å². The van der Waals surface area contributed by atoms with E-state index in [-0.39, 0.29) is 17.8 Å². The van der Waals surface area contributed by atoms with Gasteiger partial charge in [-0.1, -0.05) is 0 Å². The molecule has 0 amide bonds. The summed E-state index contributed by atoms with van der Waals surface area (Å²) < 4.78 is 6.70. The van der Waals surface area contributed by atoms with Crippen LogP contribution in [0, 0.1) is 19.8 Å². The van der Waals surface area contributed by atoms with Gasteiger partial charge in [0.2, 0.25) is 0 Å². The van der Waals surface area contributed by atoms with E-state index in [9.17, 15) is 14.7 Å². The van der Waals surface area contributed by atoms with Gasteiger partial charge in [0.1, 0.15) is 11.8 Å². The van der Waals surface area contributed by atoms with Crippen molar-refractivity contribution < 1.29 is 19.4 Å². The molecule has 2 aliphatic heterocycles. The van der Waals surface area contributed by atoms with E-state index in [4.69, 9.17) is 4.74 Å². The molecule has 7 nitrogen and oxygen atoms in total. The Labute approximate surface area is 128 Å². The highest BCUT2D eigenvalue weighted by Gasteiger charge is 2.47. The number of likely N-dealkylation sites (tertiary alicyclic amines) is 1. The van der Waals surface area contributed by atoms with E-state index >= 15 is 0 Å². The van der Waals surface area contributed by atoms with Crippen LogP contribution in [0.4, 0.5) is 0 Å². The second-order valence-corrected chi connectivity index (χ2v) is 6.13. The topological polar surface area (TPSA) is 88.0 Å². The summed E-state index contributed by atoms with van der Waals surface area (Å²) in [7, 11) is 0. The predicted molar refractivity (Wildman–Crippen MR) is 77.0 cm³/mol. The lowest BCUT2D eigenvalue weighted by Crippen LogP contribution is -2.47. The van der Waals surface area contributed by atoms with Crippen LogP contribution in [0.25, 0.3) is 0 Å². The Bertz CT molecular complexity index is 612. The number of carbonyl (C=O) groups excluding carboxylic acids is 2. The highest BCUT2D eigenvalue weighted by Crippen LogP contribution is 2.29. The molecule has 4 unspecified atom stereocenters. The third-order valence-corrected chi connectivity index (χ3v) is 4.42. The first-order chi connectivity index (χ1) is 10.4. The Hall–Kier alpha value is -1.57. The second-order valence-electron chi connectivity index (χ2n) is 6.13. The molecule has 4 atom stereocenters. The fourth-order valence-electron chi connectivity index (χ4n) is 3.15. The van der Waals surface area contributed by atoms with Gasteiger partial charge in [-0.05, 0) is 26.8 Å². The summed E-state index contributed by atoms with van der Waals surface area (Å²) in [6.07, 6.45) is -0.850. The molecule has 2 aliphatic rings. The first-order valence-electron chi connectivity index (χ1n) is 7.55. The highest BCUT2D eigenvalue weighted by molar-refractivity contribution is 6.04. The van der Waals surface area contributed by atoms with E-state index in [0.29, 0.717) is 19.5 Å². The van der Waals surface area contributed by atoms with Crippen molar-refractivity contribution in [1.82, 2.24) is 14.7 Å². The second kappa shape index (κ2) is 5.57. The van der Waals surface area contributed by atoms with Gasteiger partial charge in [-0.3, -0.25) is 19.2 Å². The van der Waals surface area contributed by atoms with Crippen molar-refractivity contribution in [2.45, 2.75) is 45.8 Å². The third-order valence-electron chi connectivity index (χ3n) is 4.42. The number of epoxide rings is 1. The van der Waals surface area contributed by atoms with Crippen LogP contribution in [0.15, 0.2) is 6.07 Å². The van der Waals surface area contributed by atoms with Gasteiger partial charge in [-0.15, -0.1) is 0 Å². The van der Waals surface area contributed by atoms with E-state index in [2.05, 4.69) is 5.10 Å². The number of aryl methyl sites for hydroxylation is 2. The first-order valence-corrected chi connectivity index (χ1v) is 7.55. The van der Waals surface area contributed by atoms with Crippen molar-refractivity contribution in [3.05, 3.63) is 17.5 Å². The minimum absolute atomic E-state index is 0.0372. The summed E-state index contributed by atoms with van der Waals surface area (Å²) in [5.41, 5.74) is 1.75. The quantitative estimate of drug-likeness (QED) is 0.631. The zero-order valence-corrected chi connectivity index (χ0v) is 13.0. The van der Waals surface area contributed by atoms with Crippen molar-refractivity contribution >= 4 is 11.6 Å². The molecule has 1 aromatic rings. The Morgan fingerprint density at radius 2 is 2.18 bits per heavy atom. The Morgan fingerprint density at radius 1 is 1.50 bits per heavy atom. The molecule has 0 spiro atoms. The summed E-state index contributed by atoms with van der Waals surface area (Å²) in [6.45, 7) is 6.38. The number of aliphatic hydroxyl groups excluding tert-OH is 1. The van der Waals surface area contributed by atoms with Crippen LogP contribution in [0.2, 0.25) is 0 Å². The maximum Gasteiger partial charge on any atom is 0.197 e. The van der Waals surface area contributed by atoms with E-state index in [1.807, 2.05) is 24.8 Å².